The van der Waals surface area contributed by atoms with Gasteiger partial charge in [-0.3, -0.25) is 0 Å². The van der Waals surface area contributed by atoms with E-state index in [9.17, 15) is 5.26 Å². The number of rotatable bonds is 5. The first-order chi connectivity index (χ1) is 33.4. The molecule has 0 spiro atoms. The van der Waals surface area contributed by atoms with E-state index in [-0.39, 0.29) is 0 Å². The molecule has 10 rings (SSSR count). The van der Waals surface area contributed by atoms with Crippen molar-refractivity contribution in [2.24, 2.45) is 0 Å². The summed E-state index contributed by atoms with van der Waals surface area (Å²) in [5, 5.41) is 12.1. The van der Waals surface area contributed by atoms with Crippen molar-refractivity contribution in [3.63, 3.8) is 0 Å². The number of anilines is 6. The quantitative estimate of drug-likeness (QED) is 0.172. The van der Waals surface area contributed by atoms with Gasteiger partial charge in [-0.25, -0.2) is 9.97 Å². The Morgan fingerprint density at radius 2 is 0.686 bits per heavy atom. The van der Waals surface area contributed by atoms with E-state index in [1.165, 1.54) is 134 Å². The Labute approximate surface area is 416 Å². The zero-order valence-corrected chi connectivity index (χ0v) is 44.2. The Balaban J connectivity index is 1.44. The van der Waals surface area contributed by atoms with Gasteiger partial charge in [-0.05, 0) is 240 Å². The van der Waals surface area contributed by atoms with Crippen molar-refractivity contribution in [1.82, 2.24) is 9.97 Å². The summed E-state index contributed by atoms with van der Waals surface area (Å²) in [6, 6.07) is 30.1. The van der Waals surface area contributed by atoms with E-state index in [0.29, 0.717) is 11.4 Å². The Morgan fingerprint density at radius 1 is 0.357 bits per heavy atom. The molecule has 0 aliphatic carbocycles. The van der Waals surface area contributed by atoms with E-state index in [1.807, 2.05) is 12.1 Å². The predicted octanol–water partition coefficient (Wildman–Crippen LogP) is 17.0. The smallest absolute Gasteiger partial charge is 0.160 e. The summed E-state index contributed by atoms with van der Waals surface area (Å²) in [4.78, 5) is 16.0. The molecule has 0 fully saturated rings. The maximum atomic E-state index is 12.1. The van der Waals surface area contributed by atoms with Crippen LogP contribution in [0.2, 0.25) is 0 Å². The highest BCUT2D eigenvalue weighted by Crippen LogP contribution is 2.59. The lowest BCUT2D eigenvalue weighted by atomic mass is 9.79. The Morgan fingerprint density at radius 3 is 1.03 bits per heavy atom. The number of nitrogens with zero attached hydrogens (tertiary/aromatic N) is 5. The molecule has 350 valence electrons. The Bertz CT molecular complexity index is 3410. The first-order valence-corrected chi connectivity index (χ1v) is 24.9. The van der Waals surface area contributed by atoms with Gasteiger partial charge in [-0.15, -0.1) is 0 Å². The first kappa shape index (κ1) is 46.4. The van der Waals surface area contributed by atoms with Crippen LogP contribution in [-0.4, -0.2) is 9.97 Å². The van der Waals surface area contributed by atoms with Gasteiger partial charge in [0, 0.05) is 29.5 Å². The molecule has 8 aromatic rings. The molecular weight excluding hydrogens is 851 g/mol. The molecule has 5 heteroatoms. The molecule has 0 N–H and O–H groups in total. The highest BCUT2D eigenvalue weighted by Gasteiger charge is 2.39. The molecule has 0 saturated heterocycles. The van der Waals surface area contributed by atoms with Gasteiger partial charge in [0.25, 0.3) is 0 Å². The maximum absolute atomic E-state index is 12.1. The van der Waals surface area contributed by atoms with Gasteiger partial charge in [0.2, 0.25) is 0 Å². The predicted molar refractivity (Wildman–Crippen MR) is 294 cm³/mol. The lowest BCUT2D eigenvalue weighted by Crippen LogP contribution is -2.29. The molecule has 1 aromatic heterocycles. The summed E-state index contributed by atoms with van der Waals surface area (Å²) in [5.41, 5.74) is 37.5. The minimum atomic E-state index is 0.567. The van der Waals surface area contributed by atoms with Gasteiger partial charge in [0.05, 0.1) is 51.1 Å². The van der Waals surface area contributed by atoms with Crippen LogP contribution < -0.4 is 9.80 Å². The summed E-state index contributed by atoms with van der Waals surface area (Å²) in [6.45, 7) is 36.6. The second kappa shape index (κ2) is 17.0. The fourth-order valence-corrected chi connectivity index (χ4v) is 11.9. The van der Waals surface area contributed by atoms with Crippen molar-refractivity contribution in [1.29, 1.82) is 5.26 Å². The van der Waals surface area contributed by atoms with Gasteiger partial charge in [0.15, 0.2) is 5.82 Å². The average Bonchev–Trinajstić information content (AvgIpc) is 3.39. The average molecular weight is 916 g/mol. The normalized spacial score (nSPS) is 12.7. The Kier molecular flexibility index (Phi) is 11.3. The highest BCUT2D eigenvalue weighted by molar-refractivity contribution is 6.03. The van der Waals surface area contributed by atoms with Crippen molar-refractivity contribution in [2.75, 3.05) is 9.80 Å². The summed E-state index contributed by atoms with van der Waals surface area (Å²) in [7, 11) is 0. The third-order valence-electron chi connectivity index (χ3n) is 17.5. The SMILES string of the molecule is Cc1c(C)c(C)c2c(c1C)Cc1c(C)c(C)c(C)c(C)c1N2c1cc(-c2nc(-c3ccccc3)cc(-c3ccccc3)n2)cc(C#N)c1N1c2c(C)c(C)c(C)c(C)c2Cc2c(C)c(C)c(C)c(C)c21. The molecule has 0 unspecified atom stereocenters. The fourth-order valence-electron chi connectivity index (χ4n) is 11.9. The fraction of sp³-hybridized carbons (Fsp3) is 0.277. The van der Waals surface area contributed by atoms with Gasteiger partial charge in [0.1, 0.15) is 6.07 Å². The number of hydrogen-bond acceptors (Lipinski definition) is 5. The van der Waals surface area contributed by atoms with Gasteiger partial charge >= 0.3 is 0 Å². The van der Waals surface area contributed by atoms with Crippen molar-refractivity contribution in [3.8, 4) is 40.0 Å². The van der Waals surface area contributed by atoms with Crippen LogP contribution in [0.1, 0.15) is 117 Å². The van der Waals surface area contributed by atoms with Crippen molar-refractivity contribution >= 4 is 34.1 Å². The summed E-state index contributed by atoms with van der Waals surface area (Å²) in [6.07, 6.45) is 1.65. The Hall–Kier alpha value is -7.29. The van der Waals surface area contributed by atoms with E-state index >= 15 is 0 Å². The first-order valence-electron chi connectivity index (χ1n) is 24.9. The number of fused-ring (bicyclic) bond motifs is 4. The van der Waals surface area contributed by atoms with Gasteiger partial charge in [-0.1, -0.05) is 60.7 Å². The van der Waals surface area contributed by atoms with Crippen LogP contribution in [0.4, 0.5) is 34.1 Å². The number of benzene rings is 7. The lowest BCUT2D eigenvalue weighted by Gasteiger charge is -2.44. The van der Waals surface area contributed by atoms with Crippen LogP contribution in [0, 0.1) is 122 Å². The second-order valence-electron chi connectivity index (χ2n) is 20.5. The minimum absolute atomic E-state index is 0.567. The topological polar surface area (TPSA) is 56.1 Å². The van der Waals surface area contributed by atoms with E-state index < -0.39 is 0 Å². The molecule has 2 aliphatic heterocycles. The standard InChI is InChI=1S/C65H65N5/c1-33-37(5)45(13)60-53(41(33)9)29-54-42(10)34(2)38(6)46(14)61(54)69(60)59-28-51(65-67-57(49-23-19-17-20-24-49)31-58(68-65)50-25-21-18-22-26-50)27-52(32-66)64(59)70-62-47(15)39(7)35(3)43(11)55(62)30-56-44(12)36(4)40(8)48(16)63(56)70/h17-28,31H,29-30H2,1-16H3. The molecular formula is C65H65N5. The van der Waals surface area contributed by atoms with Crippen LogP contribution in [0.3, 0.4) is 0 Å². The molecule has 0 amide bonds. The zero-order chi connectivity index (χ0) is 49.9. The maximum Gasteiger partial charge on any atom is 0.160 e. The third-order valence-corrected chi connectivity index (χ3v) is 17.5. The van der Waals surface area contributed by atoms with Gasteiger partial charge in [-0.2, -0.15) is 5.26 Å². The summed E-state index contributed by atoms with van der Waals surface area (Å²) < 4.78 is 0. The van der Waals surface area contributed by atoms with Crippen LogP contribution in [0.5, 0.6) is 0 Å². The molecule has 2 aliphatic rings. The van der Waals surface area contributed by atoms with E-state index in [1.54, 1.807) is 0 Å². The third kappa shape index (κ3) is 6.78. The van der Waals surface area contributed by atoms with Crippen LogP contribution in [0.25, 0.3) is 33.9 Å². The van der Waals surface area contributed by atoms with E-state index in [2.05, 4.69) is 193 Å². The highest BCUT2D eigenvalue weighted by atomic mass is 15.2. The summed E-state index contributed by atoms with van der Waals surface area (Å²) in [5.74, 6) is 0.569. The van der Waals surface area contributed by atoms with Crippen LogP contribution in [0.15, 0.2) is 78.9 Å². The number of nitriles is 1. The summed E-state index contributed by atoms with van der Waals surface area (Å²) >= 11 is 0. The van der Waals surface area contributed by atoms with E-state index in [4.69, 9.17) is 9.97 Å². The lowest BCUT2D eigenvalue weighted by molar-refractivity contribution is 0.981. The monoisotopic (exact) mass is 916 g/mol. The molecule has 0 radical (unpaired) electrons. The minimum Gasteiger partial charge on any atom is -0.307 e. The molecule has 7 aromatic carbocycles. The molecule has 5 nitrogen and oxygen atoms in total. The van der Waals surface area contributed by atoms with Gasteiger partial charge < -0.3 is 9.80 Å². The number of aromatic nitrogens is 2. The second-order valence-corrected chi connectivity index (χ2v) is 20.5. The van der Waals surface area contributed by atoms with Crippen molar-refractivity contribution < 1.29 is 0 Å². The largest absolute Gasteiger partial charge is 0.307 e. The molecule has 3 heterocycles. The van der Waals surface area contributed by atoms with Crippen molar-refractivity contribution in [3.05, 3.63) is 196 Å². The van der Waals surface area contributed by atoms with E-state index in [0.717, 1.165) is 52.3 Å². The van der Waals surface area contributed by atoms with Crippen molar-refractivity contribution in [2.45, 2.75) is 124 Å². The molecule has 0 atom stereocenters. The van der Waals surface area contributed by atoms with Crippen LogP contribution >= 0.6 is 0 Å². The molecule has 70 heavy (non-hydrogen) atoms. The van der Waals surface area contributed by atoms with Crippen LogP contribution in [-0.2, 0) is 12.8 Å². The molecule has 0 bridgehead atoms. The number of hydrogen-bond donors (Lipinski definition) is 0. The molecule has 0 saturated carbocycles. The zero-order valence-electron chi connectivity index (χ0n) is 44.2.